The smallest absolute Gasteiger partial charge is 0.278 e. The van der Waals surface area contributed by atoms with E-state index in [1.54, 1.807) is 17.0 Å². The number of para-hydroxylation sites is 1. The molecule has 0 unspecified atom stereocenters. The first-order valence-corrected chi connectivity index (χ1v) is 9.09. The fraction of sp³-hybridized carbons (Fsp3) is 0.667. The van der Waals surface area contributed by atoms with Gasteiger partial charge in [0.05, 0.1) is 29.6 Å². The molecular weight excluding hydrogens is 306 g/mol. The van der Waals surface area contributed by atoms with Crippen molar-refractivity contribution in [2.24, 2.45) is 0 Å². The van der Waals surface area contributed by atoms with Crippen LogP contribution in [0.5, 0.6) is 0 Å². The Morgan fingerprint density at radius 1 is 1.17 bits per heavy atom. The molecule has 0 bridgehead atoms. The summed E-state index contributed by atoms with van der Waals surface area (Å²) in [5.74, 6) is 0. The van der Waals surface area contributed by atoms with Crippen LogP contribution < -0.4 is 9.80 Å². The van der Waals surface area contributed by atoms with E-state index < -0.39 is 0 Å². The summed E-state index contributed by atoms with van der Waals surface area (Å²) in [6.45, 7) is 9.51. The monoisotopic (exact) mass is 335 g/mol. The maximum atomic E-state index is 11.2. The van der Waals surface area contributed by atoms with Crippen LogP contribution in [0.25, 0.3) is 0 Å². The molecule has 2 heterocycles. The average molecular weight is 335 g/mol. The van der Waals surface area contributed by atoms with Crippen molar-refractivity contribution >= 4 is 5.69 Å². The minimum atomic E-state index is -0.262. The van der Waals surface area contributed by atoms with Crippen LogP contribution in [-0.2, 0) is 11.3 Å². The van der Waals surface area contributed by atoms with E-state index in [0.717, 1.165) is 38.3 Å². The zero-order valence-electron chi connectivity index (χ0n) is 14.7. The fourth-order valence-corrected chi connectivity index (χ4v) is 4.37. The highest BCUT2D eigenvalue weighted by atomic mass is 16.6. The highest BCUT2D eigenvalue weighted by Crippen LogP contribution is 2.16. The van der Waals surface area contributed by atoms with Gasteiger partial charge in [-0.2, -0.15) is 0 Å². The van der Waals surface area contributed by atoms with E-state index in [1.165, 1.54) is 17.7 Å². The highest BCUT2D eigenvalue weighted by molar-refractivity contribution is 5.39. The number of nitro benzene ring substituents is 1. The molecule has 2 fully saturated rings. The van der Waals surface area contributed by atoms with Gasteiger partial charge in [0.25, 0.3) is 5.69 Å². The number of morpholine rings is 1. The summed E-state index contributed by atoms with van der Waals surface area (Å²) in [6.07, 6.45) is 3.09. The van der Waals surface area contributed by atoms with Crippen molar-refractivity contribution in [2.75, 3.05) is 26.2 Å². The van der Waals surface area contributed by atoms with E-state index in [4.69, 9.17) is 4.74 Å². The summed E-state index contributed by atoms with van der Waals surface area (Å²) >= 11 is 0. The highest BCUT2D eigenvalue weighted by Gasteiger charge is 2.35. The first-order chi connectivity index (χ1) is 11.5. The maximum absolute atomic E-state index is 11.2. The van der Waals surface area contributed by atoms with Gasteiger partial charge in [-0.25, -0.2) is 0 Å². The van der Waals surface area contributed by atoms with E-state index >= 15 is 0 Å². The minimum Gasteiger partial charge on any atom is -0.364 e. The Morgan fingerprint density at radius 2 is 1.79 bits per heavy atom. The van der Waals surface area contributed by atoms with Crippen LogP contribution >= 0.6 is 0 Å². The van der Waals surface area contributed by atoms with Crippen molar-refractivity contribution in [1.29, 1.82) is 0 Å². The van der Waals surface area contributed by atoms with Crippen molar-refractivity contribution in [3.05, 3.63) is 39.9 Å². The standard InChI is InChI=1S/C18H27N3O3/c1-14-11-20(12-15(2)24-14)17-7-9-19(10-8-17)13-16-5-3-4-6-18(16)21(22)23/h3-6,14-15,17H,7-13H2,1-2H3/p+2/t14-,15-/m1/s1. The van der Waals surface area contributed by atoms with E-state index in [0.29, 0.717) is 18.2 Å². The maximum Gasteiger partial charge on any atom is 0.278 e. The minimum absolute atomic E-state index is 0.258. The average Bonchev–Trinajstić information content (AvgIpc) is 2.55. The van der Waals surface area contributed by atoms with Gasteiger partial charge in [-0.1, -0.05) is 12.1 Å². The molecule has 1 aromatic rings. The fourth-order valence-electron chi connectivity index (χ4n) is 4.37. The number of nitrogens with one attached hydrogen (secondary N) is 2. The zero-order valence-corrected chi connectivity index (χ0v) is 14.7. The lowest BCUT2D eigenvalue weighted by molar-refractivity contribution is -0.970. The normalized spacial score (nSPS) is 34.0. The summed E-state index contributed by atoms with van der Waals surface area (Å²) in [6, 6.07) is 7.87. The molecule has 3 rings (SSSR count). The number of ether oxygens (including phenoxy) is 1. The lowest BCUT2D eigenvalue weighted by atomic mass is 10.0. The van der Waals surface area contributed by atoms with Gasteiger partial charge in [-0.3, -0.25) is 10.1 Å². The summed E-state index contributed by atoms with van der Waals surface area (Å²) in [7, 11) is 0. The number of likely N-dealkylation sites (tertiary alicyclic amines) is 1. The molecule has 2 aliphatic heterocycles. The molecule has 0 saturated carbocycles. The van der Waals surface area contributed by atoms with Crippen molar-refractivity contribution in [3.63, 3.8) is 0 Å². The number of rotatable bonds is 4. The zero-order chi connectivity index (χ0) is 17.1. The Bertz CT molecular complexity index is 562. The first kappa shape index (κ1) is 17.3. The SMILES string of the molecule is C[C@@H]1C[NH+](C2CC[NH+](Cc3ccccc3[N+](=O)[O-])CC2)C[C@@H](C)O1. The molecule has 0 amide bonds. The molecule has 0 aliphatic carbocycles. The van der Waals surface area contributed by atoms with E-state index in [-0.39, 0.29) is 10.6 Å². The van der Waals surface area contributed by atoms with Crippen LogP contribution in [0.3, 0.4) is 0 Å². The van der Waals surface area contributed by atoms with Crippen LogP contribution in [0.15, 0.2) is 24.3 Å². The topological polar surface area (TPSA) is 61.2 Å². The molecule has 6 heteroatoms. The number of hydrogen-bond acceptors (Lipinski definition) is 3. The number of quaternary nitrogens is 2. The Labute approximate surface area is 143 Å². The predicted molar refractivity (Wildman–Crippen MR) is 91.2 cm³/mol. The molecule has 0 radical (unpaired) electrons. The van der Waals surface area contributed by atoms with Crippen molar-refractivity contribution < 1.29 is 19.5 Å². The Kier molecular flexibility index (Phi) is 5.48. The summed E-state index contributed by atoms with van der Waals surface area (Å²) in [5.41, 5.74) is 1.12. The lowest BCUT2D eigenvalue weighted by Crippen LogP contribution is -3.22. The van der Waals surface area contributed by atoms with E-state index in [1.807, 2.05) is 12.1 Å². The molecule has 2 aliphatic rings. The van der Waals surface area contributed by atoms with E-state index in [9.17, 15) is 10.1 Å². The molecule has 2 saturated heterocycles. The molecule has 132 valence electrons. The van der Waals surface area contributed by atoms with Gasteiger partial charge < -0.3 is 14.5 Å². The van der Waals surface area contributed by atoms with Crippen LogP contribution in [0.2, 0.25) is 0 Å². The van der Waals surface area contributed by atoms with Crippen molar-refractivity contribution in [3.8, 4) is 0 Å². The van der Waals surface area contributed by atoms with Gasteiger partial charge in [-0.05, 0) is 19.9 Å². The third-order valence-electron chi connectivity index (χ3n) is 5.46. The second-order valence-electron chi connectivity index (χ2n) is 7.41. The van der Waals surface area contributed by atoms with Crippen molar-refractivity contribution in [2.45, 2.75) is 51.5 Å². The van der Waals surface area contributed by atoms with Gasteiger partial charge in [0.15, 0.2) is 0 Å². The van der Waals surface area contributed by atoms with Crippen molar-refractivity contribution in [1.82, 2.24) is 0 Å². The summed E-state index contributed by atoms with van der Waals surface area (Å²) in [5, 5.41) is 11.2. The largest absolute Gasteiger partial charge is 0.364 e. The second-order valence-corrected chi connectivity index (χ2v) is 7.41. The van der Waals surface area contributed by atoms with E-state index in [2.05, 4.69) is 13.8 Å². The molecule has 2 atom stereocenters. The number of hydrogen-bond donors (Lipinski definition) is 2. The van der Waals surface area contributed by atoms with Gasteiger partial charge in [-0.15, -0.1) is 0 Å². The molecule has 0 aromatic heterocycles. The number of benzene rings is 1. The molecule has 6 nitrogen and oxygen atoms in total. The molecule has 2 N–H and O–H groups in total. The first-order valence-electron chi connectivity index (χ1n) is 9.09. The van der Waals surface area contributed by atoms with Gasteiger partial charge >= 0.3 is 0 Å². The van der Waals surface area contributed by atoms with Gasteiger partial charge in [0, 0.05) is 18.9 Å². The van der Waals surface area contributed by atoms with Crippen LogP contribution in [0.1, 0.15) is 32.3 Å². The molecule has 0 spiro atoms. The van der Waals surface area contributed by atoms with Crippen LogP contribution in [0.4, 0.5) is 5.69 Å². The second kappa shape index (κ2) is 7.59. The third kappa shape index (κ3) is 4.12. The Hall–Kier alpha value is -1.50. The predicted octanol–water partition coefficient (Wildman–Crippen LogP) is -0.166. The summed E-state index contributed by atoms with van der Waals surface area (Å²) < 4.78 is 5.85. The number of nitrogens with zero attached hydrogens (tertiary/aromatic N) is 1. The van der Waals surface area contributed by atoms with Crippen LogP contribution in [-0.4, -0.2) is 49.4 Å². The van der Waals surface area contributed by atoms with Gasteiger partial charge in [0.1, 0.15) is 31.8 Å². The molecular formula is C18H29N3O3+2. The third-order valence-corrected chi connectivity index (χ3v) is 5.46. The Morgan fingerprint density at radius 3 is 2.42 bits per heavy atom. The Balaban J connectivity index is 1.55. The van der Waals surface area contributed by atoms with Crippen LogP contribution in [0, 0.1) is 10.1 Å². The molecule has 1 aromatic carbocycles. The number of piperidine rings is 1. The number of nitro groups is 1. The molecule has 24 heavy (non-hydrogen) atoms. The van der Waals surface area contributed by atoms with Gasteiger partial charge in [0.2, 0.25) is 0 Å². The summed E-state index contributed by atoms with van der Waals surface area (Å²) in [4.78, 5) is 14.1. The lowest BCUT2D eigenvalue weighted by Gasteiger charge is -2.39. The quantitative estimate of drug-likeness (QED) is 0.593.